The molecular weight excluding hydrogens is 673 g/mol. The zero-order chi connectivity index (χ0) is 36.6. The predicted molar refractivity (Wildman–Crippen MR) is 166 cm³/mol. The van der Waals surface area contributed by atoms with Gasteiger partial charge < -0.3 is 44.2 Å². The normalized spacial score (nSPS) is 27.3. The van der Waals surface area contributed by atoms with E-state index in [9.17, 15) is 53.1 Å². The number of phenols is 2. The Labute approximate surface area is 280 Å². The number of methoxy groups -OCH3 is 1. The molecule has 1 heterocycles. The number of aliphatic hydroxyl groups excluding tert-OH is 2. The number of aromatic hydroxyl groups is 2. The zero-order valence-electron chi connectivity index (χ0n) is 27.7. The fraction of sp³-hybridized carbons (Fsp3) is 0.545. The molecule has 0 spiro atoms. The van der Waals surface area contributed by atoms with Gasteiger partial charge >= 0.3 is 6.18 Å². The monoisotopic (exact) mass is 712 g/mol. The largest absolute Gasteiger partial charge is 0.507 e. The molecule has 1 fully saturated rings. The first-order chi connectivity index (χ1) is 22.5. The van der Waals surface area contributed by atoms with Gasteiger partial charge in [-0.2, -0.15) is 13.2 Å². The molecule has 0 aromatic heterocycles. The number of Topliss-reactive ketones (excluding diaryl/α,β-unsaturated/α-hetero) is 1. The molecule has 2 aliphatic carbocycles. The van der Waals surface area contributed by atoms with E-state index in [1.165, 1.54) is 25.3 Å². The van der Waals surface area contributed by atoms with Gasteiger partial charge in [-0.25, -0.2) is 0 Å². The number of benzene rings is 2. The maximum absolute atomic E-state index is 13.8. The van der Waals surface area contributed by atoms with Gasteiger partial charge in [0.1, 0.15) is 29.0 Å². The van der Waals surface area contributed by atoms with Gasteiger partial charge in [0, 0.05) is 36.0 Å². The second-order valence-corrected chi connectivity index (χ2v) is 19.0. The lowest BCUT2D eigenvalue weighted by Gasteiger charge is -2.43. The average molecular weight is 713 g/mol. The summed E-state index contributed by atoms with van der Waals surface area (Å²) in [5.41, 5.74) is -4.78. The van der Waals surface area contributed by atoms with E-state index in [0.29, 0.717) is 0 Å². The van der Waals surface area contributed by atoms with Gasteiger partial charge in [0.05, 0.1) is 42.6 Å². The van der Waals surface area contributed by atoms with Gasteiger partial charge in [0.25, 0.3) is 0 Å². The molecule has 5 N–H and O–H groups in total. The standard InChI is InChI=1S/C33H39F3O12Si/c1-31(2,3)49(5,6)46-13-19(38)32(44)11-15-22(18(12-32)47-20-10-16(37)27(41)30(48-20)33(34,35)36)29(43)24-23(26(15)40)25(39)14-8-7-9-17(45-4)21(14)28(24)42/h7-9,16,18,20,27,30,37,40-41,43-44H,10-13H2,1-6H3/t16-,18-,20-,27-,30+,32-/m0/s1. The molecule has 16 heteroatoms. The van der Waals surface area contributed by atoms with Crippen LogP contribution in [0.5, 0.6) is 17.2 Å². The molecule has 268 valence electrons. The van der Waals surface area contributed by atoms with Crippen molar-refractivity contribution in [2.75, 3.05) is 13.7 Å². The number of ketones is 3. The van der Waals surface area contributed by atoms with Crippen LogP contribution >= 0.6 is 0 Å². The summed E-state index contributed by atoms with van der Waals surface area (Å²) >= 11 is 0. The zero-order valence-corrected chi connectivity index (χ0v) is 28.7. The highest BCUT2D eigenvalue weighted by atomic mass is 28.4. The third-order valence-electron chi connectivity index (χ3n) is 10.0. The summed E-state index contributed by atoms with van der Waals surface area (Å²) in [4.78, 5) is 41.3. The minimum Gasteiger partial charge on any atom is -0.507 e. The Morgan fingerprint density at radius 1 is 1.04 bits per heavy atom. The van der Waals surface area contributed by atoms with E-state index in [-0.39, 0.29) is 33.0 Å². The summed E-state index contributed by atoms with van der Waals surface area (Å²) in [6.45, 7) is 8.94. The highest BCUT2D eigenvalue weighted by Crippen LogP contribution is 2.53. The summed E-state index contributed by atoms with van der Waals surface area (Å²) < 4.78 is 63.2. The van der Waals surface area contributed by atoms with Crippen molar-refractivity contribution < 1.29 is 71.7 Å². The van der Waals surface area contributed by atoms with Gasteiger partial charge in [-0.3, -0.25) is 14.4 Å². The van der Waals surface area contributed by atoms with E-state index in [4.69, 9.17) is 18.6 Å². The fourth-order valence-corrected chi connectivity index (χ4v) is 7.15. The highest BCUT2D eigenvalue weighted by molar-refractivity contribution is 6.74. The van der Waals surface area contributed by atoms with Gasteiger partial charge in [-0.15, -0.1) is 0 Å². The minimum atomic E-state index is -5.14. The molecule has 0 unspecified atom stereocenters. The van der Waals surface area contributed by atoms with Crippen molar-refractivity contribution in [3.63, 3.8) is 0 Å². The van der Waals surface area contributed by atoms with Gasteiger partial charge in [-0.05, 0) is 24.2 Å². The average Bonchev–Trinajstić information content (AvgIpc) is 3.00. The number of aliphatic hydroxyl groups is 3. The Hall–Kier alpha value is -3.38. The smallest absolute Gasteiger partial charge is 0.417 e. The summed E-state index contributed by atoms with van der Waals surface area (Å²) in [6.07, 6.45) is -18.1. The Bertz CT molecular complexity index is 1700. The Balaban J connectivity index is 1.63. The predicted octanol–water partition coefficient (Wildman–Crippen LogP) is 3.61. The van der Waals surface area contributed by atoms with Crippen LogP contribution in [0.25, 0.3) is 0 Å². The number of carbonyl (C=O) groups is 3. The van der Waals surface area contributed by atoms with E-state index in [2.05, 4.69) is 0 Å². The lowest BCUT2D eigenvalue weighted by Crippen LogP contribution is -2.56. The third-order valence-corrected chi connectivity index (χ3v) is 14.5. The van der Waals surface area contributed by atoms with Gasteiger partial charge in [0.15, 0.2) is 32.3 Å². The van der Waals surface area contributed by atoms with E-state index < -0.39 is 117 Å². The molecule has 1 aliphatic heterocycles. The summed E-state index contributed by atoms with van der Waals surface area (Å²) in [6, 6.07) is 4.17. The highest BCUT2D eigenvalue weighted by Gasteiger charge is 2.55. The Kier molecular flexibility index (Phi) is 9.36. The molecule has 49 heavy (non-hydrogen) atoms. The van der Waals surface area contributed by atoms with Crippen LogP contribution in [0.15, 0.2) is 18.2 Å². The second kappa shape index (κ2) is 12.4. The minimum absolute atomic E-state index is 0.00560. The van der Waals surface area contributed by atoms with Crippen molar-refractivity contribution in [2.24, 2.45) is 0 Å². The summed E-state index contributed by atoms with van der Waals surface area (Å²) in [5.74, 6) is -4.40. The van der Waals surface area contributed by atoms with Crippen molar-refractivity contribution in [3.8, 4) is 17.2 Å². The lowest BCUT2D eigenvalue weighted by molar-refractivity contribution is -0.336. The number of fused-ring (bicyclic) bond motifs is 3. The number of halogens is 3. The molecule has 0 saturated carbocycles. The van der Waals surface area contributed by atoms with E-state index >= 15 is 0 Å². The number of carbonyl (C=O) groups excluding carboxylic acids is 3. The van der Waals surface area contributed by atoms with E-state index in [0.717, 1.165) is 0 Å². The molecular formula is C33H39F3O12Si. The van der Waals surface area contributed by atoms with Crippen molar-refractivity contribution in [1.29, 1.82) is 0 Å². The van der Waals surface area contributed by atoms with Crippen LogP contribution in [0.1, 0.15) is 82.7 Å². The number of hydrogen-bond acceptors (Lipinski definition) is 12. The number of rotatable bonds is 7. The first-order valence-corrected chi connectivity index (χ1v) is 18.4. The quantitative estimate of drug-likeness (QED) is 0.177. The topological polar surface area (TPSA) is 189 Å². The number of alkyl halides is 3. The number of phenolic OH excluding ortho intramolecular Hbond substituents is 2. The first kappa shape index (κ1) is 36.9. The Morgan fingerprint density at radius 3 is 2.27 bits per heavy atom. The molecule has 0 radical (unpaired) electrons. The SMILES string of the molecule is COc1cccc2c1C(=O)c1c(O)c3c(c(O)c1C2=O)C[C@@](O)(C(=O)CO[Si](C)(C)C(C)(C)C)C[C@@H]3O[C@@H]1C[C@H](O)[C@H](O)[C@H](C(F)(F)F)O1. The molecule has 2 aromatic rings. The van der Waals surface area contributed by atoms with Gasteiger partial charge in [-0.1, -0.05) is 32.9 Å². The molecule has 12 nitrogen and oxygen atoms in total. The molecule has 1 saturated heterocycles. The van der Waals surface area contributed by atoms with E-state index in [1.807, 2.05) is 33.9 Å². The van der Waals surface area contributed by atoms with Crippen LogP contribution < -0.4 is 4.74 Å². The van der Waals surface area contributed by atoms with Crippen molar-refractivity contribution in [2.45, 2.75) is 101 Å². The first-order valence-electron chi connectivity index (χ1n) is 15.5. The van der Waals surface area contributed by atoms with Crippen LogP contribution in [0.4, 0.5) is 13.2 Å². The molecule has 2 aromatic carbocycles. The lowest BCUT2D eigenvalue weighted by atomic mass is 9.72. The van der Waals surface area contributed by atoms with Crippen molar-refractivity contribution in [3.05, 3.63) is 51.6 Å². The number of hydrogen-bond donors (Lipinski definition) is 5. The van der Waals surface area contributed by atoms with Gasteiger partial charge in [0.2, 0.25) is 5.78 Å². The van der Waals surface area contributed by atoms with Crippen molar-refractivity contribution in [1.82, 2.24) is 0 Å². The van der Waals surface area contributed by atoms with E-state index in [1.54, 1.807) is 0 Å². The number of ether oxygens (including phenoxy) is 3. The molecule has 3 aliphatic rings. The van der Waals surface area contributed by atoms with Crippen LogP contribution in [0.2, 0.25) is 18.1 Å². The molecule has 6 atom stereocenters. The second-order valence-electron chi connectivity index (χ2n) is 14.2. The van der Waals surface area contributed by atoms with Crippen LogP contribution in [-0.2, 0) is 25.1 Å². The fourth-order valence-electron chi connectivity index (χ4n) is 6.22. The Morgan fingerprint density at radius 2 is 1.67 bits per heavy atom. The molecule has 0 bridgehead atoms. The maximum Gasteiger partial charge on any atom is 0.417 e. The third kappa shape index (κ3) is 6.28. The molecule has 0 amide bonds. The van der Waals surface area contributed by atoms with Crippen LogP contribution in [0.3, 0.4) is 0 Å². The van der Waals surface area contributed by atoms with Crippen LogP contribution in [0, 0.1) is 0 Å². The maximum atomic E-state index is 13.8. The van der Waals surface area contributed by atoms with Crippen molar-refractivity contribution >= 4 is 25.7 Å². The molecule has 5 rings (SSSR count). The summed E-state index contributed by atoms with van der Waals surface area (Å²) in [5, 5.41) is 55.0. The van der Waals surface area contributed by atoms with Crippen LogP contribution in [-0.4, -0.2) is 101 Å². The summed E-state index contributed by atoms with van der Waals surface area (Å²) in [7, 11) is -1.29.